The second kappa shape index (κ2) is 9.97. The average Bonchev–Trinajstić information content (AvgIpc) is 3.52. The molecule has 2 aromatic rings. The van der Waals surface area contributed by atoms with Gasteiger partial charge >= 0.3 is 0 Å². The van der Waals surface area contributed by atoms with Crippen molar-refractivity contribution in [2.24, 2.45) is 10.9 Å². The predicted octanol–water partition coefficient (Wildman–Crippen LogP) is 3.49. The van der Waals surface area contributed by atoms with Crippen molar-refractivity contribution in [3.8, 4) is 5.75 Å². The lowest BCUT2D eigenvalue weighted by atomic mass is 10.1. The highest BCUT2D eigenvalue weighted by Crippen LogP contribution is 2.30. The molecule has 1 aliphatic rings. The smallest absolute Gasteiger partial charge is 0.191 e. The van der Waals surface area contributed by atoms with Gasteiger partial charge in [-0.3, -0.25) is 4.99 Å². The molecule has 1 saturated carbocycles. The summed E-state index contributed by atoms with van der Waals surface area (Å²) in [7, 11) is 3.50. The standard InChI is InChI=1S/C22H29N3O2/c1-23-22(24-13-18-6-5-7-19(12-18)15-26-2)25-14-20-8-3-4-9-21(20)27-16-17-10-11-17/h3-9,12,17H,10-11,13-16H2,1-2H3,(H2,23,24,25). The van der Waals surface area contributed by atoms with E-state index in [1.807, 2.05) is 18.2 Å². The first-order valence-corrected chi connectivity index (χ1v) is 9.50. The maximum Gasteiger partial charge on any atom is 0.191 e. The minimum absolute atomic E-state index is 0.623. The first-order valence-electron chi connectivity index (χ1n) is 9.50. The number of ether oxygens (including phenoxy) is 2. The first kappa shape index (κ1) is 19.2. The maximum absolute atomic E-state index is 5.98. The van der Waals surface area contributed by atoms with Crippen molar-refractivity contribution < 1.29 is 9.47 Å². The van der Waals surface area contributed by atoms with Gasteiger partial charge in [0, 0.05) is 32.8 Å². The molecule has 1 aliphatic carbocycles. The largest absolute Gasteiger partial charge is 0.493 e. The van der Waals surface area contributed by atoms with Crippen molar-refractivity contribution >= 4 is 5.96 Å². The Bertz CT molecular complexity index is 757. The van der Waals surface area contributed by atoms with E-state index >= 15 is 0 Å². The van der Waals surface area contributed by atoms with Gasteiger partial charge in [-0.05, 0) is 36.0 Å². The summed E-state index contributed by atoms with van der Waals surface area (Å²) in [6.45, 7) is 2.82. The molecule has 2 aromatic carbocycles. The van der Waals surface area contributed by atoms with Crippen LogP contribution in [0.4, 0.5) is 0 Å². The van der Waals surface area contributed by atoms with E-state index in [1.54, 1.807) is 14.2 Å². The highest BCUT2D eigenvalue weighted by molar-refractivity contribution is 5.79. The second-order valence-corrected chi connectivity index (χ2v) is 6.89. The van der Waals surface area contributed by atoms with Gasteiger partial charge in [-0.1, -0.05) is 42.5 Å². The van der Waals surface area contributed by atoms with Gasteiger partial charge in [0.25, 0.3) is 0 Å². The van der Waals surface area contributed by atoms with Crippen LogP contribution in [0.5, 0.6) is 5.75 Å². The van der Waals surface area contributed by atoms with Crippen molar-refractivity contribution in [3.63, 3.8) is 0 Å². The highest BCUT2D eigenvalue weighted by Gasteiger charge is 2.22. The topological polar surface area (TPSA) is 54.9 Å². The van der Waals surface area contributed by atoms with Gasteiger partial charge in [-0.25, -0.2) is 0 Å². The van der Waals surface area contributed by atoms with Crippen LogP contribution in [0.2, 0.25) is 0 Å². The Kier molecular flexibility index (Phi) is 7.11. The second-order valence-electron chi connectivity index (χ2n) is 6.89. The Hall–Kier alpha value is -2.53. The van der Waals surface area contributed by atoms with E-state index < -0.39 is 0 Å². The summed E-state index contributed by atoms with van der Waals surface area (Å²) < 4.78 is 11.2. The summed E-state index contributed by atoms with van der Waals surface area (Å²) in [4.78, 5) is 4.32. The molecule has 3 rings (SSSR count). The van der Waals surface area contributed by atoms with Crippen molar-refractivity contribution in [1.29, 1.82) is 0 Å². The Morgan fingerprint density at radius 3 is 2.59 bits per heavy atom. The first-order chi connectivity index (χ1) is 13.3. The number of nitrogens with one attached hydrogen (secondary N) is 2. The molecule has 2 N–H and O–H groups in total. The number of hydrogen-bond donors (Lipinski definition) is 2. The summed E-state index contributed by atoms with van der Waals surface area (Å²) in [5.41, 5.74) is 3.50. The quantitative estimate of drug-likeness (QED) is 0.526. The molecule has 0 spiro atoms. The molecule has 144 valence electrons. The van der Waals surface area contributed by atoms with Gasteiger partial charge in [0.15, 0.2) is 5.96 Å². The molecule has 0 radical (unpaired) electrons. The van der Waals surface area contributed by atoms with Gasteiger partial charge in [0.2, 0.25) is 0 Å². The van der Waals surface area contributed by atoms with Crippen molar-refractivity contribution in [2.45, 2.75) is 32.5 Å². The van der Waals surface area contributed by atoms with Crippen molar-refractivity contribution in [3.05, 3.63) is 65.2 Å². The Labute approximate surface area is 161 Å². The molecule has 0 aromatic heterocycles. The molecule has 0 aliphatic heterocycles. The van der Waals surface area contributed by atoms with E-state index in [4.69, 9.17) is 9.47 Å². The molecule has 5 heteroatoms. The lowest BCUT2D eigenvalue weighted by Gasteiger charge is -2.15. The van der Waals surface area contributed by atoms with Crippen LogP contribution in [-0.2, 0) is 24.4 Å². The van der Waals surface area contributed by atoms with Crippen LogP contribution in [0.25, 0.3) is 0 Å². The van der Waals surface area contributed by atoms with Crippen LogP contribution in [0.15, 0.2) is 53.5 Å². The summed E-state index contributed by atoms with van der Waals surface area (Å²) in [6.07, 6.45) is 2.59. The number of methoxy groups -OCH3 is 1. The van der Waals surface area contributed by atoms with E-state index in [1.165, 1.54) is 24.0 Å². The van der Waals surface area contributed by atoms with E-state index in [0.717, 1.165) is 29.8 Å². The highest BCUT2D eigenvalue weighted by atomic mass is 16.5. The lowest BCUT2D eigenvalue weighted by molar-refractivity contribution is 0.185. The number of nitrogens with zero attached hydrogens (tertiary/aromatic N) is 1. The van der Waals surface area contributed by atoms with Crippen LogP contribution >= 0.6 is 0 Å². The third-order valence-corrected chi connectivity index (χ3v) is 4.58. The fourth-order valence-corrected chi connectivity index (χ4v) is 2.86. The predicted molar refractivity (Wildman–Crippen MR) is 109 cm³/mol. The summed E-state index contributed by atoms with van der Waals surface area (Å²) in [5.74, 6) is 2.47. The number of guanidine groups is 1. The molecule has 0 heterocycles. The zero-order chi connectivity index (χ0) is 18.9. The van der Waals surface area contributed by atoms with Gasteiger partial charge in [-0.2, -0.15) is 0 Å². The lowest BCUT2D eigenvalue weighted by Crippen LogP contribution is -2.36. The van der Waals surface area contributed by atoms with Gasteiger partial charge in [0.1, 0.15) is 5.75 Å². The van der Waals surface area contributed by atoms with Gasteiger partial charge in [0.05, 0.1) is 13.2 Å². The zero-order valence-corrected chi connectivity index (χ0v) is 16.2. The van der Waals surface area contributed by atoms with Crippen LogP contribution in [-0.4, -0.2) is 26.7 Å². The summed E-state index contributed by atoms with van der Waals surface area (Å²) >= 11 is 0. The Morgan fingerprint density at radius 1 is 1.04 bits per heavy atom. The number of rotatable bonds is 9. The molecule has 27 heavy (non-hydrogen) atoms. The average molecular weight is 367 g/mol. The summed E-state index contributed by atoms with van der Waals surface area (Å²) in [6, 6.07) is 16.6. The Morgan fingerprint density at radius 2 is 1.81 bits per heavy atom. The van der Waals surface area contributed by atoms with Crippen LogP contribution in [0.3, 0.4) is 0 Å². The van der Waals surface area contributed by atoms with Crippen LogP contribution in [0.1, 0.15) is 29.5 Å². The molecule has 0 amide bonds. The fraction of sp³-hybridized carbons (Fsp3) is 0.409. The minimum atomic E-state index is 0.623. The number of aliphatic imine (C=N–C) groups is 1. The number of benzene rings is 2. The third kappa shape index (κ3) is 6.29. The van der Waals surface area contributed by atoms with Gasteiger partial charge in [-0.15, -0.1) is 0 Å². The van der Waals surface area contributed by atoms with E-state index in [2.05, 4.69) is 46.0 Å². The van der Waals surface area contributed by atoms with E-state index in [0.29, 0.717) is 19.7 Å². The molecule has 0 atom stereocenters. The van der Waals surface area contributed by atoms with Crippen LogP contribution in [0, 0.1) is 5.92 Å². The Balaban J connectivity index is 1.51. The number of para-hydroxylation sites is 1. The molecular formula is C22H29N3O2. The normalized spacial score (nSPS) is 14.1. The zero-order valence-electron chi connectivity index (χ0n) is 16.2. The fourth-order valence-electron chi connectivity index (χ4n) is 2.86. The molecule has 0 unspecified atom stereocenters. The maximum atomic E-state index is 5.98. The summed E-state index contributed by atoms with van der Waals surface area (Å²) in [5, 5.41) is 6.74. The van der Waals surface area contributed by atoms with Crippen molar-refractivity contribution in [1.82, 2.24) is 10.6 Å². The van der Waals surface area contributed by atoms with Gasteiger partial charge < -0.3 is 20.1 Å². The monoisotopic (exact) mass is 367 g/mol. The van der Waals surface area contributed by atoms with E-state index in [9.17, 15) is 0 Å². The molecule has 1 fully saturated rings. The molecule has 0 saturated heterocycles. The molecule has 5 nitrogen and oxygen atoms in total. The van der Waals surface area contributed by atoms with Crippen molar-refractivity contribution in [2.75, 3.05) is 20.8 Å². The SMILES string of the molecule is CN=C(NCc1cccc(COC)c1)NCc1ccccc1OCC1CC1. The van der Waals surface area contributed by atoms with Crippen LogP contribution < -0.4 is 15.4 Å². The van der Waals surface area contributed by atoms with E-state index in [-0.39, 0.29) is 0 Å². The third-order valence-electron chi connectivity index (χ3n) is 4.58. The molecule has 0 bridgehead atoms. The minimum Gasteiger partial charge on any atom is -0.493 e. The molecular weight excluding hydrogens is 338 g/mol. The number of hydrogen-bond acceptors (Lipinski definition) is 3.